The zero-order valence-electron chi connectivity index (χ0n) is 10.9. The van der Waals surface area contributed by atoms with Crippen LogP contribution in [0.25, 0.3) is 0 Å². The van der Waals surface area contributed by atoms with Crippen LogP contribution in [0.5, 0.6) is 0 Å². The van der Waals surface area contributed by atoms with Gasteiger partial charge in [0.05, 0.1) is 6.20 Å². The summed E-state index contributed by atoms with van der Waals surface area (Å²) in [7, 11) is 0. The molecule has 0 aromatic carbocycles. The molecule has 0 unspecified atom stereocenters. The molecule has 1 aliphatic heterocycles. The lowest BCUT2D eigenvalue weighted by molar-refractivity contribution is 0.0940. The predicted octanol–water partition coefficient (Wildman–Crippen LogP) is 0.907. The Morgan fingerprint density at radius 2 is 2.47 bits per heavy atom. The van der Waals surface area contributed by atoms with Crippen LogP contribution in [0.15, 0.2) is 18.6 Å². The van der Waals surface area contributed by atoms with Gasteiger partial charge in [-0.15, -0.1) is 0 Å². The van der Waals surface area contributed by atoms with Gasteiger partial charge in [0.1, 0.15) is 17.3 Å². The fourth-order valence-electron chi connectivity index (χ4n) is 2.46. The number of hydrogen-bond acceptors (Lipinski definition) is 3. The molecule has 2 aromatic rings. The molecule has 0 bridgehead atoms. The highest BCUT2D eigenvalue weighted by molar-refractivity contribution is 5.92. The Bertz CT molecular complexity index is 585. The average Bonchev–Trinajstić information content (AvgIpc) is 3.03. The summed E-state index contributed by atoms with van der Waals surface area (Å²) in [6, 6.07) is 0. The lowest BCUT2D eigenvalue weighted by Crippen LogP contribution is -2.33. The van der Waals surface area contributed by atoms with Crippen molar-refractivity contribution in [1.29, 1.82) is 0 Å². The van der Waals surface area contributed by atoms with E-state index in [1.165, 1.54) is 0 Å². The maximum Gasteiger partial charge on any atom is 0.269 e. The molecular formula is C13H17N5O. The molecule has 0 saturated heterocycles. The highest BCUT2D eigenvalue weighted by Crippen LogP contribution is 2.18. The molecule has 1 atom stereocenters. The lowest BCUT2D eigenvalue weighted by Gasteiger charge is -2.23. The number of carbonyl (C=O) groups excluding carboxylic acids is 1. The number of imidazole rings is 2. The Morgan fingerprint density at radius 3 is 3.26 bits per heavy atom. The van der Waals surface area contributed by atoms with Gasteiger partial charge in [0.15, 0.2) is 0 Å². The number of carbonyl (C=O) groups is 1. The normalized spacial score (nSPS) is 18.1. The number of aromatic nitrogens is 4. The van der Waals surface area contributed by atoms with Crippen LogP contribution in [0.3, 0.4) is 0 Å². The van der Waals surface area contributed by atoms with E-state index < -0.39 is 0 Å². The van der Waals surface area contributed by atoms with Crippen molar-refractivity contribution in [3.63, 3.8) is 0 Å². The fraction of sp³-hybridized carbons (Fsp3) is 0.462. The summed E-state index contributed by atoms with van der Waals surface area (Å²) in [5, 5.41) is 2.96. The van der Waals surface area contributed by atoms with E-state index in [2.05, 4.69) is 24.8 Å². The molecule has 100 valence electrons. The molecular weight excluding hydrogens is 242 g/mol. The van der Waals surface area contributed by atoms with Crippen molar-refractivity contribution >= 4 is 5.91 Å². The number of amides is 1. The highest BCUT2D eigenvalue weighted by atomic mass is 16.1. The molecule has 0 fully saturated rings. The molecule has 1 amide bonds. The minimum Gasteiger partial charge on any atom is -0.350 e. The number of nitrogens with zero attached hydrogens (tertiary/aromatic N) is 3. The average molecular weight is 259 g/mol. The molecule has 6 nitrogen and oxygen atoms in total. The van der Waals surface area contributed by atoms with E-state index in [-0.39, 0.29) is 5.91 Å². The molecule has 0 spiro atoms. The highest BCUT2D eigenvalue weighted by Gasteiger charge is 2.20. The van der Waals surface area contributed by atoms with Crippen molar-refractivity contribution in [3.05, 3.63) is 35.9 Å². The number of aromatic amines is 1. The minimum atomic E-state index is -0.0884. The molecule has 6 heteroatoms. The van der Waals surface area contributed by atoms with E-state index in [1.807, 2.05) is 19.3 Å². The van der Waals surface area contributed by atoms with Crippen molar-refractivity contribution in [2.24, 2.45) is 5.92 Å². The van der Waals surface area contributed by atoms with Gasteiger partial charge >= 0.3 is 0 Å². The summed E-state index contributed by atoms with van der Waals surface area (Å²) in [5.74, 6) is 2.24. The number of hydrogen-bond donors (Lipinski definition) is 2. The van der Waals surface area contributed by atoms with Gasteiger partial charge in [0.2, 0.25) is 0 Å². The summed E-state index contributed by atoms with van der Waals surface area (Å²) in [5.41, 5.74) is 0.523. The first-order chi connectivity index (χ1) is 9.22. The Hall–Kier alpha value is -2.11. The van der Waals surface area contributed by atoms with Crippen LogP contribution in [0.4, 0.5) is 0 Å². The Kier molecular flexibility index (Phi) is 3.06. The summed E-state index contributed by atoms with van der Waals surface area (Å²) in [6.45, 7) is 3.50. The van der Waals surface area contributed by atoms with Crippen molar-refractivity contribution < 1.29 is 4.79 Å². The maximum atomic E-state index is 11.9. The molecule has 2 N–H and O–H groups in total. The Morgan fingerprint density at radius 1 is 1.58 bits per heavy atom. The molecule has 19 heavy (non-hydrogen) atoms. The van der Waals surface area contributed by atoms with Gasteiger partial charge in [-0.3, -0.25) is 4.79 Å². The topological polar surface area (TPSA) is 75.6 Å². The van der Waals surface area contributed by atoms with E-state index in [9.17, 15) is 4.79 Å². The van der Waals surface area contributed by atoms with E-state index in [4.69, 9.17) is 0 Å². The van der Waals surface area contributed by atoms with Gasteiger partial charge < -0.3 is 14.9 Å². The Balaban J connectivity index is 1.55. The van der Waals surface area contributed by atoms with Gasteiger partial charge in [0.25, 0.3) is 5.91 Å². The lowest BCUT2D eigenvalue weighted by atomic mass is 9.98. The number of H-pyrrole nitrogens is 1. The number of nitrogens with one attached hydrogen (secondary N) is 2. The van der Waals surface area contributed by atoms with Crippen molar-refractivity contribution in [3.8, 4) is 0 Å². The van der Waals surface area contributed by atoms with Crippen LogP contribution in [-0.2, 0) is 13.0 Å². The van der Waals surface area contributed by atoms with Gasteiger partial charge in [-0.1, -0.05) is 0 Å². The van der Waals surface area contributed by atoms with E-state index in [0.717, 1.165) is 31.0 Å². The molecule has 0 aliphatic carbocycles. The van der Waals surface area contributed by atoms with E-state index in [0.29, 0.717) is 18.2 Å². The van der Waals surface area contributed by atoms with Crippen LogP contribution in [0.1, 0.15) is 28.6 Å². The number of aryl methyl sites for hydroxylation is 2. The monoisotopic (exact) mass is 259 g/mol. The maximum absolute atomic E-state index is 11.9. The number of rotatable bonds is 3. The summed E-state index contributed by atoms with van der Waals surface area (Å²) in [6.07, 6.45) is 7.42. The third-order valence-electron chi connectivity index (χ3n) is 3.55. The standard InChI is InChI=1S/C13H17N5O/c1-9-15-8-11(17-9)13(19)16-7-10-2-4-18-5-3-14-12(18)6-10/h3,5,8,10H,2,4,6-7H2,1H3,(H,15,17)(H,16,19)/t10-/m0/s1. The molecule has 0 radical (unpaired) electrons. The Labute approximate surface area is 111 Å². The molecule has 3 heterocycles. The minimum absolute atomic E-state index is 0.0884. The van der Waals surface area contributed by atoms with Crippen molar-refractivity contribution in [1.82, 2.24) is 24.8 Å². The van der Waals surface area contributed by atoms with Crippen LogP contribution in [-0.4, -0.2) is 32.0 Å². The van der Waals surface area contributed by atoms with Gasteiger partial charge in [-0.05, 0) is 19.3 Å². The third-order valence-corrected chi connectivity index (χ3v) is 3.55. The van der Waals surface area contributed by atoms with Crippen LogP contribution < -0.4 is 5.32 Å². The van der Waals surface area contributed by atoms with Gasteiger partial charge in [-0.25, -0.2) is 9.97 Å². The number of fused-ring (bicyclic) bond motifs is 1. The van der Waals surface area contributed by atoms with E-state index in [1.54, 1.807) is 6.20 Å². The van der Waals surface area contributed by atoms with Crippen LogP contribution in [0.2, 0.25) is 0 Å². The van der Waals surface area contributed by atoms with Gasteiger partial charge in [-0.2, -0.15) is 0 Å². The molecule has 3 rings (SSSR count). The second kappa shape index (κ2) is 4.87. The smallest absolute Gasteiger partial charge is 0.269 e. The first-order valence-electron chi connectivity index (χ1n) is 6.52. The molecule has 1 aliphatic rings. The second-order valence-corrected chi connectivity index (χ2v) is 4.99. The zero-order valence-corrected chi connectivity index (χ0v) is 10.9. The largest absolute Gasteiger partial charge is 0.350 e. The first-order valence-corrected chi connectivity index (χ1v) is 6.52. The summed E-state index contributed by atoms with van der Waals surface area (Å²) in [4.78, 5) is 23.2. The fourth-order valence-corrected chi connectivity index (χ4v) is 2.46. The van der Waals surface area contributed by atoms with Crippen molar-refractivity contribution in [2.45, 2.75) is 26.3 Å². The second-order valence-electron chi connectivity index (χ2n) is 4.99. The molecule has 2 aromatic heterocycles. The van der Waals surface area contributed by atoms with E-state index >= 15 is 0 Å². The summed E-state index contributed by atoms with van der Waals surface area (Å²) < 4.78 is 2.18. The third kappa shape index (κ3) is 2.52. The SMILES string of the molecule is Cc1ncc(C(=O)NC[C@H]2CCn3ccnc3C2)[nH]1. The van der Waals surface area contributed by atoms with Crippen LogP contribution in [0, 0.1) is 12.8 Å². The summed E-state index contributed by atoms with van der Waals surface area (Å²) >= 11 is 0. The van der Waals surface area contributed by atoms with Crippen molar-refractivity contribution in [2.75, 3.05) is 6.54 Å². The van der Waals surface area contributed by atoms with Crippen LogP contribution >= 0.6 is 0 Å². The predicted molar refractivity (Wildman–Crippen MR) is 69.7 cm³/mol. The quantitative estimate of drug-likeness (QED) is 0.860. The van der Waals surface area contributed by atoms with Gasteiger partial charge in [0, 0.05) is 31.9 Å². The first kappa shape index (κ1) is 12.0. The molecule has 0 saturated carbocycles. The zero-order chi connectivity index (χ0) is 13.2.